The zero-order valence-electron chi connectivity index (χ0n) is 17.8. The van der Waals surface area contributed by atoms with Crippen molar-refractivity contribution in [3.05, 3.63) is 50.8 Å². The fraction of sp³-hybridized carbons (Fsp3) is 0.478. The lowest BCUT2D eigenvalue weighted by Gasteiger charge is -2.34. The van der Waals surface area contributed by atoms with E-state index in [9.17, 15) is 9.59 Å². The number of benzene rings is 1. The summed E-state index contributed by atoms with van der Waals surface area (Å²) in [7, 11) is 1.59. The number of ketones is 1. The molecule has 0 saturated carbocycles. The van der Waals surface area contributed by atoms with E-state index in [-0.39, 0.29) is 18.5 Å². The Morgan fingerprint density at radius 1 is 1.27 bits per heavy atom. The summed E-state index contributed by atoms with van der Waals surface area (Å²) in [5, 5.41) is 3.29. The van der Waals surface area contributed by atoms with E-state index in [4.69, 9.17) is 14.2 Å². The van der Waals surface area contributed by atoms with Gasteiger partial charge in [-0.05, 0) is 51.8 Å². The summed E-state index contributed by atoms with van der Waals surface area (Å²) in [6.45, 7) is 6.17. The molecule has 3 rings (SSSR count). The highest BCUT2D eigenvalue weighted by Crippen LogP contribution is 2.45. The van der Waals surface area contributed by atoms with Gasteiger partial charge >= 0.3 is 5.97 Å². The van der Waals surface area contributed by atoms with Crippen molar-refractivity contribution in [2.75, 3.05) is 20.3 Å². The summed E-state index contributed by atoms with van der Waals surface area (Å²) in [6.07, 6.45) is 2.10. The number of hydrogen-bond acceptors (Lipinski definition) is 6. The van der Waals surface area contributed by atoms with E-state index < -0.39 is 11.9 Å². The maximum atomic E-state index is 13.1. The number of nitrogens with one attached hydrogen (secondary N) is 1. The lowest BCUT2D eigenvalue weighted by atomic mass is 9.75. The molecule has 0 bridgehead atoms. The lowest BCUT2D eigenvalue weighted by Crippen LogP contribution is -2.34. The van der Waals surface area contributed by atoms with Gasteiger partial charge in [-0.1, -0.05) is 15.9 Å². The lowest BCUT2D eigenvalue weighted by molar-refractivity contribution is -0.141. The predicted molar refractivity (Wildman–Crippen MR) is 117 cm³/mol. The van der Waals surface area contributed by atoms with Crippen LogP contribution in [0.25, 0.3) is 0 Å². The van der Waals surface area contributed by atoms with Gasteiger partial charge in [-0.3, -0.25) is 4.79 Å². The SMILES string of the molecule is COc1ccc(Br)cc1[C@H]1C(C(=O)OCCOC(C)C)=C(C)NC2=C1C(=O)CCC2. The van der Waals surface area contributed by atoms with Crippen LogP contribution in [-0.4, -0.2) is 38.2 Å². The van der Waals surface area contributed by atoms with E-state index in [1.165, 1.54) is 0 Å². The van der Waals surface area contributed by atoms with Crippen LogP contribution >= 0.6 is 15.9 Å². The molecule has 0 aromatic heterocycles. The first-order chi connectivity index (χ1) is 14.3. The monoisotopic (exact) mass is 477 g/mol. The molecule has 30 heavy (non-hydrogen) atoms. The van der Waals surface area contributed by atoms with E-state index in [0.717, 1.165) is 28.6 Å². The smallest absolute Gasteiger partial charge is 0.336 e. The van der Waals surface area contributed by atoms with Gasteiger partial charge in [-0.15, -0.1) is 0 Å². The second kappa shape index (κ2) is 9.79. The Hall–Kier alpha value is -2.12. The van der Waals surface area contributed by atoms with Gasteiger partial charge in [0, 0.05) is 33.4 Å². The molecule has 0 unspecified atom stereocenters. The first-order valence-electron chi connectivity index (χ1n) is 10.2. The van der Waals surface area contributed by atoms with Crippen LogP contribution in [-0.2, 0) is 19.1 Å². The number of carbonyl (C=O) groups is 2. The molecule has 6 nitrogen and oxygen atoms in total. The number of dihydropyridines is 1. The predicted octanol–water partition coefficient (Wildman–Crippen LogP) is 4.39. The summed E-state index contributed by atoms with van der Waals surface area (Å²) in [6, 6.07) is 5.62. The summed E-state index contributed by atoms with van der Waals surface area (Å²) >= 11 is 3.51. The number of rotatable bonds is 7. The molecule has 1 aliphatic carbocycles. The van der Waals surface area contributed by atoms with Crippen molar-refractivity contribution in [2.24, 2.45) is 0 Å². The molecule has 2 aliphatic rings. The molecule has 7 heteroatoms. The molecule has 0 saturated heterocycles. The van der Waals surface area contributed by atoms with Crippen LogP contribution in [0.2, 0.25) is 0 Å². The minimum Gasteiger partial charge on any atom is -0.496 e. The van der Waals surface area contributed by atoms with Crippen molar-refractivity contribution in [1.82, 2.24) is 5.32 Å². The van der Waals surface area contributed by atoms with Crippen LogP contribution in [0.3, 0.4) is 0 Å². The summed E-state index contributed by atoms with van der Waals surface area (Å²) in [5.41, 5.74) is 3.42. The van der Waals surface area contributed by atoms with E-state index >= 15 is 0 Å². The highest BCUT2D eigenvalue weighted by Gasteiger charge is 2.40. The number of carbonyl (C=O) groups excluding carboxylic acids is 2. The largest absolute Gasteiger partial charge is 0.496 e. The Labute approximate surface area is 185 Å². The minimum atomic E-state index is -0.542. The van der Waals surface area contributed by atoms with Crippen molar-refractivity contribution in [3.63, 3.8) is 0 Å². The minimum absolute atomic E-state index is 0.0525. The fourth-order valence-electron chi connectivity index (χ4n) is 3.99. The van der Waals surface area contributed by atoms with Crippen LogP contribution in [0.5, 0.6) is 5.75 Å². The molecule has 0 radical (unpaired) electrons. The second-order valence-electron chi connectivity index (χ2n) is 7.71. The number of allylic oxidation sites excluding steroid dienone is 3. The Morgan fingerprint density at radius 3 is 2.73 bits per heavy atom. The van der Waals surface area contributed by atoms with Crippen molar-refractivity contribution >= 4 is 27.7 Å². The van der Waals surface area contributed by atoms with Crippen LogP contribution in [0, 0.1) is 0 Å². The zero-order valence-corrected chi connectivity index (χ0v) is 19.4. The molecule has 1 aromatic carbocycles. The number of esters is 1. The molecule has 1 aromatic rings. The van der Waals surface area contributed by atoms with Crippen molar-refractivity contribution in [1.29, 1.82) is 0 Å². The Kier molecular flexibility index (Phi) is 7.36. The summed E-state index contributed by atoms with van der Waals surface area (Å²) < 4.78 is 17.4. The quantitative estimate of drug-likeness (QED) is 0.463. The Bertz CT molecular complexity index is 903. The second-order valence-corrected chi connectivity index (χ2v) is 8.62. The average Bonchev–Trinajstić information content (AvgIpc) is 2.70. The van der Waals surface area contributed by atoms with Crippen molar-refractivity contribution < 1.29 is 23.8 Å². The molecule has 162 valence electrons. The molecule has 0 spiro atoms. The number of ether oxygens (including phenoxy) is 3. The van der Waals surface area contributed by atoms with E-state index in [2.05, 4.69) is 21.2 Å². The number of halogens is 1. The van der Waals surface area contributed by atoms with Gasteiger partial charge < -0.3 is 19.5 Å². The fourth-order valence-corrected chi connectivity index (χ4v) is 4.37. The number of Topliss-reactive ketones (excluding diaryl/α,β-unsaturated/α-hetero) is 1. The Morgan fingerprint density at radius 2 is 2.03 bits per heavy atom. The molecule has 1 heterocycles. The normalized spacial score (nSPS) is 19.0. The van der Waals surface area contributed by atoms with E-state index in [1.807, 2.05) is 39.0 Å². The van der Waals surface area contributed by atoms with E-state index in [0.29, 0.717) is 35.6 Å². The number of methoxy groups -OCH3 is 1. The van der Waals surface area contributed by atoms with Gasteiger partial charge in [0.05, 0.1) is 31.3 Å². The van der Waals surface area contributed by atoms with Gasteiger partial charge in [0.1, 0.15) is 12.4 Å². The van der Waals surface area contributed by atoms with E-state index in [1.54, 1.807) is 7.11 Å². The van der Waals surface area contributed by atoms with Crippen molar-refractivity contribution in [3.8, 4) is 5.75 Å². The maximum Gasteiger partial charge on any atom is 0.336 e. The van der Waals surface area contributed by atoms with Crippen LogP contribution in [0.15, 0.2) is 45.2 Å². The summed E-state index contributed by atoms with van der Waals surface area (Å²) in [5.74, 6) is -0.322. The van der Waals surface area contributed by atoms with Crippen molar-refractivity contribution in [2.45, 2.75) is 52.1 Å². The molecule has 1 aliphatic heterocycles. The molecular weight excluding hydrogens is 450 g/mol. The molecule has 1 atom stereocenters. The average molecular weight is 478 g/mol. The third kappa shape index (κ3) is 4.78. The van der Waals surface area contributed by atoms with Gasteiger partial charge in [-0.2, -0.15) is 0 Å². The maximum absolute atomic E-state index is 13.1. The topological polar surface area (TPSA) is 73.9 Å². The van der Waals surface area contributed by atoms with Gasteiger partial charge in [0.2, 0.25) is 0 Å². The Balaban J connectivity index is 2.03. The van der Waals surface area contributed by atoms with Crippen LogP contribution in [0.4, 0.5) is 0 Å². The standard InChI is InChI=1S/C23H28BrNO5/c1-13(2)29-10-11-30-23(27)20-14(3)25-17-6-5-7-18(26)22(17)21(20)16-12-15(24)8-9-19(16)28-4/h8-9,12-13,21,25H,5-7,10-11H2,1-4H3/t21-/m0/s1. The van der Waals surface area contributed by atoms with Crippen LogP contribution < -0.4 is 10.1 Å². The highest BCUT2D eigenvalue weighted by atomic mass is 79.9. The third-order valence-electron chi connectivity index (χ3n) is 5.27. The molecule has 0 fully saturated rings. The van der Waals surface area contributed by atoms with Gasteiger partial charge in [0.25, 0.3) is 0 Å². The molecular formula is C23H28BrNO5. The highest BCUT2D eigenvalue weighted by molar-refractivity contribution is 9.10. The van der Waals surface area contributed by atoms with Gasteiger partial charge in [0.15, 0.2) is 5.78 Å². The number of hydrogen-bond donors (Lipinski definition) is 1. The van der Waals surface area contributed by atoms with Crippen LogP contribution in [0.1, 0.15) is 51.5 Å². The molecule has 0 amide bonds. The van der Waals surface area contributed by atoms with Gasteiger partial charge in [-0.25, -0.2) is 4.79 Å². The first kappa shape index (κ1) is 22.6. The molecule has 1 N–H and O–H groups in total. The zero-order chi connectivity index (χ0) is 21.8. The first-order valence-corrected chi connectivity index (χ1v) is 11.0. The summed E-state index contributed by atoms with van der Waals surface area (Å²) in [4.78, 5) is 26.1. The third-order valence-corrected chi connectivity index (χ3v) is 5.76.